The Bertz CT molecular complexity index is 905. The van der Waals surface area contributed by atoms with Gasteiger partial charge < -0.3 is 9.42 Å². The number of benzene rings is 2. The fraction of sp³-hybridized carbons (Fsp3) is 0.238. The molecule has 2 atom stereocenters. The molecule has 0 aliphatic carbocycles. The standard InChI is InChI=1S/C21H19FN2O2/c1-14-11-17(15-5-3-2-4-6-15)13-24(14)21(25)19-12-23-26-20(19)16-7-9-18(22)10-8-16/h2-10,12,14,17H,11,13H2,1H3. The van der Waals surface area contributed by atoms with E-state index in [2.05, 4.69) is 24.2 Å². The van der Waals surface area contributed by atoms with Gasteiger partial charge in [-0.15, -0.1) is 0 Å². The molecule has 2 unspecified atom stereocenters. The Balaban J connectivity index is 1.59. The Hall–Kier alpha value is -2.95. The fourth-order valence-electron chi connectivity index (χ4n) is 3.64. The van der Waals surface area contributed by atoms with Crippen LogP contribution in [0.25, 0.3) is 11.3 Å². The first-order valence-electron chi connectivity index (χ1n) is 8.70. The minimum Gasteiger partial charge on any atom is -0.355 e. The summed E-state index contributed by atoms with van der Waals surface area (Å²) in [6, 6.07) is 16.3. The van der Waals surface area contributed by atoms with E-state index in [4.69, 9.17) is 4.52 Å². The van der Waals surface area contributed by atoms with Gasteiger partial charge >= 0.3 is 0 Å². The van der Waals surface area contributed by atoms with Crippen LogP contribution in [0.3, 0.4) is 0 Å². The highest BCUT2D eigenvalue weighted by molar-refractivity contribution is 5.99. The van der Waals surface area contributed by atoms with E-state index in [1.807, 2.05) is 23.1 Å². The molecule has 2 heterocycles. The average molecular weight is 350 g/mol. The molecule has 1 fully saturated rings. The van der Waals surface area contributed by atoms with Gasteiger partial charge in [0.2, 0.25) is 0 Å². The highest BCUT2D eigenvalue weighted by Crippen LogP contribution is 2.34. The van der Waals surface area contributed by atoms with E-state index in [9.17, 15) is 9.18 Å². The predicted molar refractivity (Wildman–Crippen MR) is 96.2 cm³/mol. The zero-order valence-electron chi connectivity index (χ0n) is 14.4. The molecule has 132 valence electrons. The van der Waals surface area contributed by atoms with Gasteiger partial charge in [-0.2, -0.15) is 0 Å². The summed E-state index contributed by atoms with van der Waals surface area (Å²) in [6.07, 6.45) is 2.37. The molecule has 0 saturated carbocycles. The molecule has 0 radical (unpaired) electrons. The van der Waals surface area contributed by atoms with Gasteiger partial charge in [0.15, 0.2) is 5.76 Å². The van der Waals surface area contributed by atoms with Gasteiger partial charge in [0.05, 0.1) is 6.20 Å². The van der Waals surface area contributed by atoms with Crippen molar-refractivity contribution in [3.63, 3.8) is 0 Å². The quantitative estimate of drug-likeness (QED) is 0.699. The number of carbonyl (C=O) groups excluding carboxylic acids is 1. The molecule has 1 amide bonds. The Kier molecular flexibility index (Phi) is 4.29. The molecule has 1 aromatic heterocycles. The number of nitrogens with zero attached hydrogens (tertiary/aromatic N) is 2. The first-order chi connectivity index (χ1) is 12.6. The van der Waals surface area contributed by atoms with Gasteiger partial charge in [0.1, 0.15) is 11.4 Å². The molecule has 2 aromatic carbocycles. The molecule has 4 nitrogen and oxygen atoms in total. The monoisotopic (exact) mass is 350 g/mol. The van der Waals surface area contributed by atoms with Gasteiger partial charge in [-0.05, 0) is 43.2 Å². The van der Waals surface area contributed by atoms with Crippen molar-refractivity contribution >= 4 is 5.91 Å². The van der Waals surface area contributed by atoms with Crippen LogP contribution in [0, 0.1) is 5.82 Å². The average Bonchev–Trinajstić information content (AvgIpc) is 3.29. The van der Waals surface area contributed by atoms with Crippen LogP contribution < -0.4 is 0 Å². The smallest absolute Gasteiger partial charge is 0.259 e. The maximum atomic E-state index is 13.2. The molecular formula is C21H19FN2O2. The number of aromatic nitrogens is 1. The minimum atomic E-state index is -0.333. The highest BCUT2D eigenvalue weighted by atomic mass is 19.1. The predicted octanol–water partition coefficient (Wildman–Crippen LogP) is 4.50. The number of amides is 1. The topological polar surface area (TPSA) is 46.3 Å². The number of hydrogen-bond donors (Lipinski definition) is 0. The second-order valence-electron chi connectivity index (χ2n) is 6.73. The maximum Gasteiger partial charge on any atom is 0.259 e. The van der Waals surface area contributed by atoms with E-state index >= 15 is 0 Å². The molecule has 0 N–H and O–H groups in total. The third kappa shape index (κ3) is 3.01. The minimum absolute atomic E-state index is 0.100. The number of hydrogen-bond acceptors (Lipinski definition) is 3. The number of carbonyl (C=O) groups is 1. The van der Waals surface area contributed by atoms with Crippen molar-refractivity contribution in [2.45, 2.75) is 25.3 Å². The van der Waals surface area contributed by atoms with E-state index in [1.54, 1.807) is 12.1 Å². The van der Waals surface area contributed by atoms with Crippen LogP contribution in [-0.2, 0) is 0 Å². The molecule has 1 aliphatic heterocycles. The molecule has 26 heavy (non-hydrogen) atoms. The van der Waals surface area contributed by atoms with Crippen molar-refractivity contribution in [3.05, 3.63) is 77.7 Å². The first-order valence-corrected chi connectivity index (χ1v) is 8.70. The lowest BCUT2D eigenvalue weighted by atomic mass is 9.97. The van der Waals surface area contributed by atoms with Crippen LogP contribution in [0.4, 0.5) is 4.39 Å². The van der Waals surface area contributed by atoms with Gasteiger partial charge in [-0.3, -0.25) is 4.79 Å². The summed E-state index contributed by atoms with van der Waals surface area (Å²) in [5.41, 5.74) is 2.30. The van der Waals surface area contributed by atoms with Crippen LogP contribution in [-0.4, -0.2) is 28.6 Å². The summed E-state index contributed by atoms with van der Waals surface area (Å²) >= 11 is 0. The number of rotatable bonds is 3. The molecule has 1 aliphatic rings. The van der Waals surface area contributed by atoms with Crippen LogP contribution >= 0.6 is 0 Å². The highest BCUT2D eigenvalue weighted by Gasteiger charge is 2.35. The third-order valence-electron chi connectivity index (χ3n) is 5.01. The SMILES string of the molecule is CC1CC(c2ccccc2)CN1C(=O)c1cnoc1-c1ccc(F)cc1. The lowest BCUT2D eigenvalue weighted by Gasteiger charge is -2.21. The second kappa shape index (κ2) is 6.75. The van der Waals surface area contributed by atoms with Gasteiger partial charge in [0.25, 0.3) is 5.91 Å². The fourth-order valence-corrected chi connectivity index (χ4v) is 3.64. The van der Waals surface area contributed by atoms with Gasteiger partial charge in [-0.25, -0.2) is 4.39 Å². The Morgan fingerprint density at radius 2 is 1.88 bits per heavy atom. The van der Waals surface area contributed by atoms with Gasteiger partial charge in [0, 0.05) is 24.1 Å². The summed E-state index contributed by atoms with van der Waals surface area (Å²) in [5.74, 6) is 0.270. The molecule has 4 rings (SSSR count). The second-order valence-corrected chi connectivity index (χ2v) is 6.73. The zero-order valence-corrected chi connectivity index (χ0v) is 14.4. The van der Waals surface area contributed by atoms with Crippen molar-refractivity contribution in [1.29, 1.82) is 0 Å². The Labute approximate surface area is 151 Å². The van der Waals surface area contributed by atoms with Crippen molar-refractivity contribution in [2.75, 3.05) is 6.54 Å². The van der Waals surface area contributed by atoms with Gasteiger partial charge in [-0.1, -0.05) is 35.5 Å². The maximum absolute atomic E-state index is 13.2. The van der Waals surface area contributed by atoms with E-state index < -0.39 is 0 Å². The third-order valence-corrected chi connectivity index (χ3v) is 5.01. The summed E-state index contributed by atoms with van der Waals surface area (Å²) in [5, 5.41) is 3.80. The summed E-state index contributed by atoms with van der Waals surface area (Å²) < 4.78 is 18.5. The van der Waals surface area contributed by atoms with E-state index in [0.29, 0.717) is 29.3 Å². The van der Waals surface area contributed by atoms with Crippen LogP contribution in [0.1, 0.15) is 35.2 Å². The van der Waals surface area contributed by atoms with E-state index in [1.165, 1.54) is 23.9 Å². The van der Waals surface area contributed by atoms with Crippen molar-refractivity contribution in [3.8, 4) is 11.3 Å². The lowest BCUT2D eigenvalue weighted by molar-refractivity contribution is 0.0746. The molecule has 3 aromatic rings. The molecule has 1 saturated heterocycles. The summed E-state index contributed by atoms with van der Waals surface area (Å²) in [4.78, 5) is 15.0. The first kappa shape index (κ1) is 16.5. The van der Waals surface area contributed by atoms with Crippen molar-refractivity contribution in [1.82, 2.24) is 10.1 Å². The van der Waals surface area contributed by atoms with Crippen LogP contribution in [0.2, 0.25) is 0 Å². The summed E-state index contributed by atoms with van der Waals surface area (Å²) in [7, 11) is 0. The van der Waals surface area contributed by atoms with E-state index in [-0.39, 0.29) is 17.8 Å². The van der Waals surface area contributed by atoms with E-state index in [0.717, 1.165) is 6.42 Å². The Morgan fingerprint density at radius 1 is 1.15 bits per heavy atom. The van der Waals surface area contributed by atoms with Crippen molar-refractivity contribution in [2.24, 2.45) is 0 Å². The number of likely N-dealkylation sites (tertiary alicyclic amines) is 1. The number of halogens is 1. The zero-order chi connectivity index (χ0) is 18.1. The lowest BCUT2D eigenvalue weighted by Crippen LogP contribution is -2.34. The normalized spacial score (nSPS) is 19.7. The van der Waals surface area contributed by atoms with Crippen LogP contribution in [0.15, 0.2) is 65.3 Å². The summed E-state index contributed by atoms with van der Waals surface area (Å²) in [6.45, 7) is 2.73. The largest absolute Gasteiger partial charge is 0.355 e. The van der Waals surface area contributed by atoms with Crippen molar-refractivity contribution < 1.29 is 13.7 Å². The van der Waals surface area contributed by atoms with Crippen LogP contribution in [0.5, 0.6) is 0 Å². The molecule has 5 heteroatoms. The Morgan fingerprint density at radius 3 is 2.62 bits per heavy atom. The molecular weight excluding hydrogens is 331 g/mol. The molecule has 0 bridgehead atoms. The molecule has 0 spiro atoms.